The maximum absolute atomic E-state index is 13.2. The third-order valence-electron chi connectivity index (χ3n) is 8.80. The lowest BCUT2D eigenvalue weighted by molar-refractivity contribution is -0.125. The average Bonchev–Trinajstić information content (AvgIpc) is 3.47. The summed E-state index contributed by atoms with van der Waals surface area (Å²) in [5.74, 6) is 0.437. The minimum absolute atomic E-state index is 0.0106. The largest absolute Gasteiger partial charge is 0.339 e. The van der Waals surface area contributed by atoms with E-state index < -0.39 is 0 Å². The van der Waals surface area contributed by atoms with Crippen molar-refractivity contribution in [3.63, 3.8) is 0 Å². The molecule has 206 valence electrons. The molecule has 7 nitrogen and oxygen atoms in total. The van der Waals surface area contributed by atoms with E-state index in [9.17, 15) is 9.59 Å². The van der Waals surface area contributed by atoms with Crippen molar-refractivity contribution in [2.75, 3.05) is 18.4 Å². The Balaban J connectivity index is 1.42. The summed E-state index contributed by atoms with van der Waals surface area (Å²) < 4.78 is 2.21. The van der Waals surface area contributed by atoms with Crippen molar-refractivity contribution in [3.8, 4) is 0 Å². The van der Waals surface area contributed by atoms with Gasteiger partial charge >= 0.3 is 0 Å². The van der Waals surface area contributed by atoms with E-state index in [4.69, 9.17) is 4.98 Å². The predicted molar refractivity (Wildman–Crippen MR) is 157 cm³/mol. The van der Waals surface area contributed by atoms with E-state index in [1.807, 2.05) is 36.1 Å². The van der Waals surface area contributed by atoms with Gasteiger partial charge in [-0.1, -0.05) is 51.1 Å². The molecule has 3 aromatic rings. The average molecular weight is 528 g/mol. The van der Waals surface area contributed by atoms with Crippen molar-refractivity contribution in [1.29, 1.82) is 0 Å². The Labute approximate surface area is 231 Å². The molecule has 0 unspecified atom stereocenters. The molecule has 7 heteroatoms. The van der Waals surface area contributed by atoms with Crippen LogP contribution in [-0.2, 0) is 11.3 Å². The van der Waals surface area contributed by atoms with Crippen LogP contribution in [0.25, 0.3) is 11.0 Å². The zero-order chi connectivity index (χ0) is 27.9. The maximum Gasteiger partial charge on any atom is 0.257 e. The third-order valence-corrected chi connectivity index (χ3v) is 8.80. The zero-order valence-corrected chi connectivity index (χ0v) is 23.9. The Morgan fingerprint density at radius 1 is 1.21 bits per heavy atom. The molecule has 0 radical (unpaired) electrons. The van der Waals surface area contributed by atoms with Gasteiger partial charge in [0.1, 0.15) is 0 Å². The summed E-state index contributed by atoms with van der Waals surface area (Å²) in [5, 5.41) is 6.75. The minimum Gasteiger partial charge on any atom is -0.339 e. The maximum atomic E-state index is 13.2. The van der Waals surface area contributed by atoms with Crippen molar-refractivity contribution in [3.05, 3.63) is 71.8 Å². The number of imidazole rings is 1. The molecule has 2 aromatic carbocycles. The highest BCUT2D eigenvalue weighted by atomic mass is 16.2. The van der Waals surface area contributed by atoms with Crippen LogP contribution in [0.3, 0.4) is 0 Å². The number of aromatic nitrogens is 2. The summed E-state index contributed by atoms with van der Waals surface area (Å²) in [7, 11) is 0. The molecule has 1 spiro atoms. The van der Waals surface area contributed by atoms with Gasteiger partial charge < -0.3 is 14.8 Å². The van der Waals surface area contributed by atoms with E-state index in [0.29, 0.717) is 17.6 Å². The molecule has 2 fully saturated rings. The number of hydrogen-bond donors (Lipinski definition) is 2. The SMILES string of the molecule is C=CC(=O)N1CCC2(CC(n3c(NC(=O)c4cccc(C)c4)nc4cc(CN[C@@H](C)C(C)(C)C)ccc43)C2)C1. The number of benzene rings is 2. The number of carbonyl (C=O) groups is 2. The smallest absolute Gasteiger partial charge is 0.257 e. The Kier molecular flexibility index (Phi) is 7.14. The first kappa shape index (κ1) is 27.1. The highest BCUT2D eigenvalue weighted by molar-refractivity contribution is 6.04. The lowest BCUT2D eigenvalue weighted by Gasteiger charge is -2.46. The number of likely N-dealkylation sites (tertiary alicyclic amines) is 1. The molecular weight excluding hydrogens is 486 g/mol. The molecule has 2 amide bonds. The monoisotopic (exact) mass is 527 g/mol. The van der Waals surface area contributed by atoms with Crippen molar-refractivity contribution < 1.29 is 9.59 Å². The summed E-state index contributed by atoms with van der Waals surface area (Å²) in [6.45, 7) is 16.9. The number of amides is 2. The van der Waals surface area contributed by atoms with Crippen LogP contribution in [0.4, 0.5) is 5.95 Å². The summed E-state index contributed by atoms with van der Waals surface area (Å²) in [6, 6.07) is 14.6. The number of carbonyl (C=O) groups excluding carboxylic acids is 2. The van der Waals surface area contributed by atoms with Gasteiger partial charge in [-0.3, -0.25) is 14.9 Å². The fourth-order valence-corrected chi connectivity index (χ4v) is 5.96. The fraction of sp³-hybridized carbons (Fsp3) is 0.469. The zero-order valence-electron chi connectivity index (χ0n) is 23.9. The van der Waals surface area contributed by atoms with Crippen LogP contribution in [0.15, 0.2) is 55.1 Å². The van der Waals surface area contributed by atoms with Gasteiger partial charge in [-0.25, -0.2) is 4.98 Å². The highest BCUT2D eigenvalue weighted by Gasteiger charge is 2.50. The molecule has 1 aliphatic heterocycles. The normalized spacial score (nSPS) is 21.7. The van der Waals surface area contributed by atoms with Crippen molar-refractivity contribution in [2.45, 2.75) is 72.5 Å². The van der Waals surface area contributed by atoms with Crippen LogP contribution < -0.4 is 10.6 Å². The highest BCUT2D eigenvalue weighted by Crippen LogP contribution is 2.55. The van der Waals surface area contributed by atoms with Crippen molar-refractivity contribution in [2.24, 2.45) is 10.8 Å². The van der Waals surface area contributed by atoms with E-state index in [1.165, 1.54) is 11.6 Å². The van der Waals surface area contributed by atoms with Gasteiger partial charge in [-0.2, -0.15) is 0 Å². The number of hydrogen-bond acceptors (Lipinski definition) is 4. The standard InChI is InChI=1S/C32H41N5O2/c1-7-28(38)36-14-13-32(20-36)17-25(18-32)37-27-12-11-23(19-33-22(3)31(4,5)6)16-26(27)34-30(37)35-29(39)24-10-8-9-21(2)15-24/h7-12,15-16,22,25,33H,1,13-14,17-20H2,2-6H3,(H,34,35,39)/t22-,25?,32?/m0/s1. The molecule has 5 rings (SSSR count). The van der Waals surface area contributed by atoms with Crippen LogP contribution >= 0.6 is 0 Å². The second-order valence-electron chi connectivity index (χ2n) is 12.7. The Morgan fingerprint density at radius 2 is 1.97 bits per heavy atom. The third kappa shape index (κ3) is 5.50. The second-order valence-corrected chi connectivity index (χ2v) is 12.7. The van der Waals surface area contributed by atoms with Crippen molar-refractivity contribution >= 4 is 28.8 Å². The summed E-state index contributed by atoms with van der Waals surface area (Å²) >= 11 is 0. The number of aryl methyl sites for hydroxylation is 1. The first-order valence-electron chi connectivity index (χ1n) is 14.0. The van der Waals surface area contributed by atoms with Crippen LogP contribution in [0.1, 0.15) is 74.5 Å². The summed E-state index contributed by atoms with van der Waals surface area (Å²) in [4.78, 5) is 32.3. The number of fused-ring (bicyclic) bond motifs is 1. The summed E-state index contributed by atoms with van der Waals surface area (Å²) in [6.07, 6.45) is 4.33. The van der Waals surface area contributed by atoms with Crippen LogP contribution in [0, 0.1) is 17.8 Å². The van der Waals surface area contributed by atoms with E-state index in [2.05, 4.69) is 67.7 Å². The Hall–Kier alpha value is -3.45. The van der Waals surface area contributed by atoms with Crippen LogP contribution in [0.5, 0.6) is 0 Å². The number of rotatable bonds is 7. The van der Waals surface area contributed by atoms with Gasteiger partial charge in [0.05, 0.1) is 11.0 Å². The first-order valence-corrected chi connectivity index (χ1v) is 14.0. The Bertz CT molecular complexity index is 1410. The molecule has 1 aromatic heterocycles. The fourth-order valence-electron chi connectivity index (χ4n) is 5.96. The molecular formula is C32H41N5O2. The van der Waals surface area contributed by atoms with Crippen LogP contribution in [-0.4, -0.2) is 45.4 Å². The topological polar surface area (TPSA) is 79.3 Å². The molecule has 1 aliphatic carbocycles. The number of nitrogens with zero attached hydrogens (tertiary/aromatic N) is 3. The molecule has 1 saturated carbocycles. The van der Waals surface area contributed by atoms with Gasteiger partial charge in [0.15, 0.2) is 0 Å². The van der Waals surface area contributed by atoms with E-state index in [1.54, 1.807) is 0 Å². The number of nitrogens with one attached hydrogen (secondary N) is 2. The lowest BCUT2D eigenvalue weighted by atomic mass is 9.64. The lowest BCUT2D eigenvalue weighted by Crippen LogP contribution is -2.42. The van der Waals surface area contributed by atoms with Crippen molar-refractivity contribution in [1.82, 2.24) is 19.8 Å². The molecule has 39 heavy (non-hydrogen) atoms. The van der Waals surface area contributed by atoms with E-state index >= 15 is 0 Å². The second kappa shape index (κ2) is 10.3. The first-order chi connectivity index (χ1) is 18.5. The van der Waals surface area contributed by atoms with E-state index in [-0.39, 0.29) is 28.7 Å². The molecule has 1 atom stereocenters. The van der Waals surface area contributed by atoms with E-state index in [0.717, 1.165) is 55.5 Å². The van der Waals surface area contributed by atoms with Gasteiger partial charge in [-0.05, 0) is 79.8 Å². The van der Waals surface area contributed by atoms with Crippen LogP contribution in [0.2, 0.25) is 0 Å². The minimum atomic E-state index is -0.159. The Morgan fingerprint density at radius 3 is 2.67 bits per heavy atom. The van der Waals surface area contributed by atoms with Gasteiger partial charge in [0.2, 0.25) is 11.9 Å². The molecule has 2 aliphatic rings. The van der Waals surface area contributed by atoms with Gasteiger partial charge in [0, 0.05) is 37.3 Å². The quantitative estimate of drug-likeness (QED) is 0.377. The molecule has 0 bridgehead atoms. The molecule has 1 saturated heterocycles. The number of anilines is 1. The predicted octanol–water partition coefficient (Wildman–Crippen LogP) is 5.86. The van der Waals surface area contributed by atoms with Gasteiger partial charge in [0.25, 0.3) is 5.91 Å². The molecule has 2 N–H and O–H groups in total. The van der Waals surface area contributed by atoms with Gasteiger partial charge in [-0.15, -0.1) is 0 Å². The summed E-state index contributed by atoms with van der Waals surface area (Å²) in [5.41, 5.74) is 5.04. The molecule has 2 heterocycles.